The summed E-state index contributed by atoms with van der Waals surface area (Å²) in [7, 11) is 0. The van der Waals surface area contributed by atoms with Gasteiger partial charge in [0, 0.05) is 0 Å². The number of fused-ring (bicyclic) bond motifs is 1. The Morgan fingerprint density at radius 3 is 2.50 bits per heavy atom. The van der Waals surface area contributed by atoms with E-state index in [0.29, 0.717) is 0 Å². The first kappa shape index (κ1) is 8.74. The fourth-order valence-corrected chi connectivity index (χ4v) is 1.48. The fraction of sp³-hybridized carbons (Fsp3) is 0.0833. The largest absolute Gasteiger partial charge is 0.312 e. The predicted molar refractivity (Wildman–Crippen MR) is 56.5 cm³/mol. The van der Waals surface area contributed by atoms with Gasteiger partial charge in [-0.2, -0.15) is 5.26 Å². The van der Waals surface area contributed by atoms with E-state index in [4.69, 9.17) is 11.0 Å². The lowest BCUT2D eigenvalue weighted by atomic mass is 10.0. The van der Waals surface area contributed by atoms with Crippen LogP contribution in [0.15, 0.2) is 42.5 Å². The van der Waals surface area contributed by atoms with Gasteiger partial charge in [0.05, 0.1) is 6.07 Å². The van der Waals surface area contributed by atoms with Gasteiger partial charge in [-0.3, -0.25) is 0 Å². The van der Waals surface area contributed by atoms with Gasteiger partial charge in [0.15, 0.2) is 0 Å². The van der Waals surface area contributed by atoms with Gasteiger partial charge in [-0.25, -0.2) is 0 Å². The molecule has 1 atom stereocenters. The second kappa shape index (κ2) is 3.49. The summed E-state index contributed by atoms with van der Waals surface area (Å²) in [5.74, 6) is 0. The van der Waals surface area contributed by atoms with Crippen LogP contribution >= 0.6 is 0 Å². The third kappa shape index (κ3) is 1.46. The number of benzene rings is 2. The minimum absolute atomic E-state index is 0.528. The minimum Gasteiger partial charge on any atom is -0.312 e. The standard InChI is InChI=1S/C12H10N2/c13-8-12(14)11-6-5-9-3-1-2-4-10(9)7-11/h1-7,12H,14H2. The molecule has 2 aromatic carbocycles. The fourth-order valence-electron chi connectivity index (χ4n) is 1.48. The van der Waals surface area contributed by atoms with Crippen LogP contribution in [0.5, 0.6) is 0 Å². The maximum atomic E-state index is 8.69. The van der Waals surface area contributed by atoms with Crippen molar-refractivity contribution in [2.75, 3.05) is 0 Å². The van der Waals surface area contributed by atoms with Gasteiger partial charge >= 0.3 is 0 Å². The molecule has 2 aromatic rings. The molecule has 0 saturated heterocycles. The molecule has 0 aliphatic rings. The van der Waals surface area contributed by atoms with Crippen molar-refractivity contribution in [2.45, 2.75) is 6.04 Å². The topological polar surface area (TPSA) is 49.8 Å². The lowest BCUT2D eigenvalue weighted by Gasteiger charge is -2.04. The molecular formula is C12H10N2. The van der Waals surface area contributed by atoms with E-state index in [-0.39, 0.29) is 0 Å². The molecule has 0 spiro atoms. The van der Waals surface area contributed by atoms with Crippen molar-refractivity contribution < 1.29 is 0 Å². The number of rotatable bonds is 1. The van der Waals surface area contributed by atoms with E-state index in [1.807, 2.05) is 48.5 Å². The third-order valence-electron chi connectivity index (χ3n) is 2.27. The smallest absolute Gasteiger partial charge is 0.118 e. The van der Waals surface area contributed by atoms with Gasteiger partial charge in [0.1, 0.15) is 6.04 Å². The molecule has 1 unspecified atom stereocenters. The normalized spacial score (nSPS) is 12.3. The zero-order valence-electron chi connectivity index (χ0n) is 7.64. The maximum absolute atomic E-state index is 8.69. The predicted octanol–water partition coefficient (Wildman–Crippen LogP) is 2.36. The highest BCUT2D eigenvalue weighted by atomic mass is 14.6. The molecular weight excluding hydrogens is 172 g/mol. The Morgan fingerprint density at radius 2 is 1.79 bits per heavy atom. The van der Waals surface area contributed by atoms with Gasteiger partial charge < -0.3 is 5.73 Å². The highest BCUT2D eigenvalue weighted by Gasteiger charge is 2.03. The Morgan fingerprint density at radius 1 is 1.07 bits per heavy atom. The van der Waals surface area contributed by atoms with E-state index in [1.165, 1.54) is 5.39 Å². The molecule has 0 fully saturated rings. The molecule has 0 aromatic heterocycles. The molecule has 0 saturated carbocycles. The van der Waals surface area contributed by atoms with Gasteiger partial charge in [0.25, 0.3) is 0 Å². The number of nitriles is 1. The van der Waals surface area contributed by atoms with E-state index in [9.17, 15) is 0 Å². The van der Waals surface area contributed by atoms with Crippen molar-refractivity contribution >= 4 is 10.8 Å². The van der Waals surface area contributed by atoms with Crippen molar-refractivity contribution in [3.8, 4) is 6.07 Å². The SMILES string of the molecule is N#CC(N)c1ccc2ccccc2c1. The summed E-state index contributed by atoms with van der Waals surface area (Å²) in [5, 5.41) is 11.0. The van der Waals surface area contributed by atoms with Crippen molar-refractivity contribution in [1.29, 1.82) is 5.26 Å². The van der Waals surface area contributed by atoms with Crippen molar-refractivity contribution in [1.82, 2.24) is 0 Å². The lowest BCUT2D eigenvalue weighted by molar-refractivity contribution is 0.929. The molecule has 0 heterocycles. The van der Waals surface area contributed by atoms with E-state index in [0.717, 1.165) is 10.9 Å². The molecule has 2 nitrogen and oxygen atoms in total. The molecule has 2 heteroatoms. The summed E-state index contributed by atoms with van der Waals surface area (Å²) >= 11 is 0. The third-order valence-corrected chi connectivity index (χ3v) is 2.27. The van der Waals surface area contributed by atoms with Crippen LogP contribution in [0.2, 0.25) is 0 Å². The van der Waals surface area contributed by atoms with Crippen LogP contribution in [-0.2, 0) is 0 Å². The molecule has 68 valence electrons. The summed E-state index contributed by atoms with van der Waals surface area (Å²) < 4.78 is 0. The second-order valence-electron chi connectivity index (χ2n) is 3.21. The van der Waals surface area contributed by atoms with Crippen LogP contribution in [0.4, 0.5) is 0 Å². The van der Waals surface area contributed by atoms with Crippen molar-refractivity contribution in [2.24, 2.45) is 5.73 Å². The van der Waals surface area contributed by atoms with E-state index in [1.54, 1.807) is 0 Å². The van der Waals surface area contributed by atoms with Gasteiger partial charge in [0.2, 0.25) is 0 Å². The lowest BCUT2D eigenvalue weighted by Crippen LogP contribution is -2.06. The molecule has 2 rings (SSSR count). The maximum Gasteiger partial charge on any atom is 0.118 e. The first-order valence-corrected chi connectivity index (χ1v) is 4.45. The summed E-state index contributed by atoms with van der Waals surface area (Å²) in [4.78, 5) is 0. The Bertz CT molecular complexity index is 497. The van der Waals surface area contributed by atoms with Gasteiger partial charge in [-0.1, -0.05) is 36.4 Å². The number of nitrogens with two attached hydrogens (primary N) is 1. The van der Waals surface area contributed by atoms with Crippen molar-refractivity contribution in [3.63, 3.8) is 0 Å². The van der Waals surface area contributed by atoms with E-state index >= 15 is 0 Å². The van der Waals surface area contributed by atoms with Crippen LogP contribution in [0.3, 0.4) is 0 Å². The average molecular weight is 182 g/mol. The van der Waals surface area contributed by atoms with Crippen LogP contribution in [0.1, 0.15) is 11.6 Å². The molecule has 0 aliphatic carbocycles. The molecule has 0 bridgehead atoms. The Kier molecular flexibility index (Phi) is 2.18. The highest BCUT2D eigenvalue weighted by Crippen LogP contribution is 2.18. The minimum atomic E-state index is -0.528. The molecule has 0 amide bonds. The van der Waals surface area contributed by atoms with Crippen molar-refractivity contribution in [3.05, 3.63) is 48.0 Å². The quantitative estimate of drug-likeness (QED) is 0.736. The van der Waals surface area contributed by atoms with Crippen LogP contribution in [0.25, 0.3) is 10.8 Å². The molecule has 2 N–H and O–H groups in total. The number of hydrogen-bond donors (Lipinski definition) is 1. The van der Waals surface area contributed by atoms with E-state index in [2.05, 4.69) is 0 Å². The van der Waals surface area contributed by atoms with Crippen LogP contribution in [0, 0.1) is 11.3 Å². The van der Waals surface area contributed by atoms with Crippen LogP contribution < -0.4 is 5.73 Å². The Hall–Kier alpha value is -1.85. The van der Waals surface area contributed by atoms with E-state index < -0.39 is 6.04 Å². The van der Waals surface area contributed by atoms with Gasteiger partial charge in [-0.05, 0) is 22.4 Å². The van der Waals surface area contributed by atoms with Crippen LogP contribution in [-0.4, -0.2) is 0 Å². The number of nitrogens with zero attached hydrogens (tertiary/aromatic N) is 1. The molecule has 0 radical (unpaired) electrons. The first-order chi connectivity index (χ1) is 6.81. The number of hydrogen-bond acceptors (Lipinski definition) is 2. The zero-order chi connectivity index (χ0) is 9.97. The second-order valence-corrected chi connectivity index (χ2v) is 3.21. The summed E-state index contributed by atoms with van der Waals surface area (Å²) in [6.45, 7) is 0. The van der Waals surface area contributed by atoms with Gasteiger partial charge in [-0.15, -0.1) is 0 Å². The monoisotopic (exact) mass is 182 g/mol. The average Bonchev–Trinajstić information content (AvgIpc) is 2.27. The zero-order valence-corrected chi connectivity index (χ0v) is 7.64. The summed E-state index contributed by atoms with van der Waals surface area (Å²) in [6.07, 6.45) is 0. The first-order valence-electron chi connectivity index (χ1n) is 4.45. The Balaban J connectivity index is 2.58. The Labute approximate surface area is 82.6 Å². The highest BCUT2D eigenvalue weighted by molar-refractivity contribution is 5.83. The molecule has 0 aliphatic heterocycles. The molecule has 14 heavy (non-hydrogen) atoms. The summed E-state index contributed by atoms with van der Waals surface area (Å²) in [6, 6.07) is 15.4. The summed E-state index contributed by atoms with van der Waals surface area (Å²) in [5.41, 5.74) is 6.49.